The third-order valence-corrected chi connectivity index (χ3v) is 4.73. The normalized spacial score (nSPS) is 12.1. The molecule has 0 aliphatic heterocycles. The fraction of sp³-hybridized carbons (Fsp3) is 0.261. The molecule has 0 unspecified atom stereocenters. The van der Waals surface area contributed by atoms with E-state index in [2.05, 4.69) is 5.32 Å². The van der Waals surface area contributed by atoms with E-state index in [1.54, 1.807) is 42.5 Å². The van der Waals surface area contributed by atoms with Crippen LogP contribution >= 0.6 is 0 Å². The molecule has 0 aliphatic rings. The molecule has 31 heavy (non-hydrogen) atoms. The molecule has 0 fully saturated rings. The fourth-order valence-corrected chi connectivity index (χ4v) is 3.02. The number of anilines is 1. The maximum atomic E-state index is 12.6. The maximum absolute atomic E-state index is 12.6. The number of aromatic hydroxyl groups is 1. The van der Waals surface area contributed by atoms with Gasteiger partial charge in [0.15, 0.2) is 0 Å². The van der Waals surface area contributed by atoms with Gasteiger partial charge < -0.3 is 9.84 Å². The molecular weight excluding hydrogens is 398 g/mol. The second-order valence-electron chi connectivity index (χ2n) is 7.60. The summed E-state index contributed by atoms with van der Waals surface area (Å²) in [5.41, 5.74) is 2.67. The number of amides is 2. The van der Waals surface area contributed by atoms with E-state index in [0.717, 1.165) is 0 Å². The van der Waals surface area contributed by atoms with Crippen LogP contribution < -0.4 is 10.8 Å². The number of nitrogens with one attached hydrogen (secondary N) is 2. The molecule has 2 rings (SSSR count). The highest BCUT2D eigenvalue weighted by Gasteiger charge is 2.33. The highest BCUT2D eigenvalue weighted by Crippen LogP contribution is 2.41. The lowest BCUT2D eigenvalue weighted by Gasteiger charge is -2.34. The molecule has 0 saturated carbocycles. The summed E-state index contributed by atoms with van der Waals surface area (Å²) >= 11 is 0. The Balaban J connectivity index is 2.16. The van der Waals surface area contributed by atoms with E-state index in [0.29, 0.717) is 29.7 Å². The Labute approximate surface area is 180 Å². The molecule has 8 heteroatoms. The van der Waals surface area contributed by atoms with Crippen LogP contribution in [0.2, 0.25) is 0 Å². The topological polar surface area (TPSA) is 132 Å². The lowest BCUT2D eigenvalue weighted by molar-refractivity contribution is -0.124. The van der Waals surface area contributed by atoms with Crippen LogP contribution in [0.4, 0.5) is 10.5 Å². The number of rotatable bonds is 8. The Hall–Kier alpha value is -3.83. The van der Waals surface area contributed by atoms with Gasteiger partial charge in [0.25, 0.3) is 5.91 Å². The van der Waals surface area contributed by atoms with Crippen LogP contribution in [0.5, 0.6) is 5.75 Å². The van der Waals surface area contributed by atoms with Gasteiger partial charge in [0.05, 0.1) is 11.6 Å². The monoisotopic (exact) mass is 423 g/mol. The van der Waals surface area contributed by atoms with Crippen molar-refractivity contribution >= 4 is 17.7 Å². The first-order chi connectivity index (χ1) is 14.7. The zero-order valence-electron chi connectivity index (χ0n) is 17.3. The van der Waals surface area contributed by atoms with Crippen molar-refractivity contribution in [2.75, 3.05) is 5.32 Å². The van der Waals surface area contributed by atoms with Crippen LogP contribution in [-0.2, 0) is 9.53 Å². The van der Waals surface area contributed by atoms with Crippen molar-refractivity contribution < 1.29 is 24.6 Å². The highest BCUT2D eigenvalue weighted by molar-refractivity contribution is 5.86. The van der Waals surface area contributed by atoms with Gasteiger partial charge in [-0.15, -0.1) is 0 Å². The Bertz CT molecular complexity index is 960. The summed E-state index contributed by atoms with van der Waals surface area (Å²) in [6.45, 7) is 3.86. The van der Waals surface area contributed by atoms with Gasteiger partial charge in [-0.05, 0) is 54.8 Å². The number of phenols is 1. The van der Waals surface area contributed by atoms with Crippen LogP contribution in [0.25, 0.3) is 0 Å². The summed E-state index contributed by atoms with van der Waals surface area (Å²) in [7, 11) is 0. The number of phenolic OH excluding ortho intramolecular Hbond substituents is 1. The van der Waals surface area contributed by atoms with Crippen molar-refractivity contribution in [3.05, 3.63) is 71.8 Å². The van der Waals surface area contributed by atoms with Crippen molar-refractivity contribution in [2.24, 2.45) is 5.41 Å². The SMILES string of the molecule is CC(C)(CC/C=C/C(=O)NO)[C@@H](OC(=O)Nc1ccc(C#N)cc1)c1ccc(O)cc1. The molecule has 0 spiro atoms. The second-order valence-corrected chi connectivity index (χ2v) is 7.60. The van der Waals surface area contributed by atoms with E-state index < -0.39 is 23.5 Å². The molecule has 8 nitrogen and oxygen atoms in total. The van der Waals surface area contributed by atoms with Gasteiger partial charge in [-0.3, -0.25) is 15.3 Å². The predicted octanol–water partition coefficient (Wildman–Crippen LogP) is 4.42. The lowest BCUT2D eigenvalue weighted by Crippen LogP contribution is -2.29. The van der Waals surface area contributed by atoms with Crippen molar-refractivity contribution in [2.45, 2.75) is 32.8 Å². The summed E-state index contributed by atoms with van der Waals surface area (Å²) in [5.74, 6) is -0.522. The molecule has 0 aliphatic carbocycles. The smallest absolute Gasteiger partial charge is 0.412 e. The van der Waals surface area contributed by atoms with E-state index in [9.17, 15) is 14.7 Å². The number of hydroxylamine groups is 1. The van der Waals surface area contributed by atoms with Crippen LogP contribution in [-0.4, -0.2) is 22.3 Å². The van der Waals surface area contributed by atoms with Crippen molar-refractivity contribution in [1.82, 2.24) is 5.48 Å². The zero-order chi connectivity index (χ0) is 22.9. The van der Waals surface area contributed by atoms with Gasteiger partial charge in [-0.25, -0.2) is 10.3 Å². The van der Waals surface area contributed by atoms with E-state index in [1.807, 2.05) is 19.9 Å². The highest BCUT2D eigenvalue weighted by atomic mass is 16.6. The van der Waals surface area contributed by atoms with Gasteiger partial charge in [-0.1, -0.05) is 32.1 Å². The molecule has 0 bridgehead atoms. The standard InChI is InChI=1S/C23H25N3O5/c1-23(2,14-4-3-5-20(28)26-30)21(17-8-12-19(27)13-9-17)31-22(29)25-18-10-6-16(15-24)7-11-18/h3,5-13,21,27,30H,4,14H2,1-2H3,(H,25,29)(H,26,28)/b5-3+/t21-/m0/s1. The molecule has 0 aromatic heterocycles. The quantitative estimate of drug-likeness (QED) is 0.282. The first kappa shape index (κ1) is 23.4. The number of nitriles is 1. The first-order valence-corrected chi connectivity index (χ1v) is 9.62. The van der Waals surface area contributed by atoms with E-state index in [1.165, 1.54) is 23.7 Å². The van der Waals surface area contributed by atoms with Crippen LogP contribution in [0, 0.1) is 16.7 Å². The molecular formula is C23H25N3O5. The largest absolute Gasteiger partial charge is 0.508 e. The van der Waals surface area contributed by atoms with Crippen molar-refractivity contribution in [1.29, 1.82) is 5.26 Å². The van der Waals surface area contributed by atoms with E-state index in [4.69, 9.17) is 15.2 Å². The molecule has 2 aromatic rings. The second kappa shape index (κ2) is 10.8. The number of carbonyl (C=O) groups is 2. The summed E-state index contributed by atoms with van der Waals surface area (Å²) in [4.78, 5) is 23.7. The minimum Gasteiger partial charge on any atom is -0.508 e. The first-order valence-electron chi connectivity index (χ1n) is 9.62. The number of benzene rings is 2. The van der Waals surface area contributed by atoms with Crippen molar-refractivity contribution in [3.63, 3.8) is 0 Å². The Morgan fingerprint density at radius 3 is 2.39 bits per heavy atom. The van der Waals surface area contributed by atoms with E-state index in [-0.39, 0.29) is 5.75 Å². The molecule has 0 heterocycles. The third kappa shape index (κ3) is 7.17. The number of hydrogen-bond acceptors (Lipinski definition) is 6. The molecule has 2 amide bonds. The minimum atomic E-state index is -0.661. The third-order valence-electron chi connectivity index (χ3n) is 4.73. The predicted molar refractivity (Wildman–Crippen MR) is 114 cm³/mol. The number of ether oxygens (including phenoxy) is 1. The van der Waals surface area contributed by atoms with Gasteiger partial charge >= 0.3 is 6.09 Å². The van der Waals surface area contributed by atoms with Gasteiger partial charge in [0, 0.05) is 17.2 Å². The summed E-state index contributed by atoms with van der Waals surface area (Å²) < 4.78 is 5.76. The average Bonchev–Trinajstić information content (AvgIpc) is 2.76. The Morgan fingerprint density at radius 2 is 1.81 bits per heavy atom. The zero-order valence-corrected chi connectivity index (χ0v) is 17.3. The number of allylic oxidation sites excluding steroid dienone is 1. The average molecular weight is 423 g/mol. The van der Waals surface area contributed by atoms with Gasteiger partial charge in [0.1, 0.15) is 11.9 Å². The Morgan fingerprint density at radius 1 is 1.16 bits per heavy atom. The molecule has 0 saturated heterocycles. The van der Waals surface area contributed by atoms with Crippen molar-refractivity contribution in [3.8, 4) is 11.8 Å². The van der Waals surface area contributed by atoms with Gasteiger partial charge in [-0.2, -0.15) is 5.26 Å². The molecule has 1 atom stereocenters. The minimum absolute atomic E-state index is 0.0975. The fourth-order valence-electron chi connectivity index (χ4n) is 3.02. The Kier molecular flexibility index (Phi) is 8.17. The number of nitrogens with zero attached hydrogens (tertiary/aromatic N) is 1. The molecule has 162 valence electrons. The number of carbonyl (C=O) groups excluding carboxylic acids is 2. The molecule has 4 N–H and O–H groups in total. The number of hydrogen-bond donors (Lipinski definition) is 4. The summed E-state index contributed by atoms with van der Waals surface area (Å²) in [6.07, 6.45) is 2.62. The van der Waals surface area contributed by atoms with E-state index >= 15 is 0 Å². The van der Waals surface area contributed by atoms with Crippen LogP contribution in [0.1, 0.15) is 43.9 Å². The molecule has 0 radical (unpaired) electrons. The lowest BCUT2D eigenvalue weighted by atomic mass is 9.78. The summed E-state index contributed by atoms with van der Waals surface area (Å²) in [6, 6.07) is 14.8. The van der Waals surface area contributed by atoms with Crippen LogP contribution in [0.15, 0.2) is 60.7 Å². The summed E-state index contributed by atoms with van der Waals surface area (Å²) in [5, 5.41) is 29.7. The van der Waals surface area contributed by atoms with Gasteiger partial charge in [0.2, 0.25) is 0 Å². The molecule has 2 aromatic carbocycles. The maximum Gasteiger partial charge on any atom is 0.412 e. The van der Waals surface area contributed by atoms with Crippen LogP contribution in [0.3, 0.4) is 0 Å².